The fourth-order valence-electron chi connectivity index (χ4n) is 1.55. The van der Waals surface area contributed by atoms with Crippen LogP contribution in [0.3, 0.4) is 0 Å². The normalized spacial score (nSPS) is 10.9. The summed E-state index contributed by atoms with van der Waals surface area (Å²) in [6.07, 6.45) is -3.33. The number of rotatable bonds is 1. The van der Waals surface area contributed by atoms with E-state index in [9.17, 15) is 13.2 Å². The standard InChI is InChI=1S/C12H8F3NS.Na.H/c13-12(14,15)11-9(5-3-7-16-11)8-4-1-2-6-10(8)17;;/h1-7,17H;;. The number of alkyl halides is 3. The van der Waals surface area contributed by atoms with Crippen molar-refractivity contribution >= 4 is 42.2 Å². The summed E-state index contributed by atoms with van der Waals surface area (Å²) in [6.45, 7) is 0. The third-order valence-electron chi connectivity index (χ3n) is 2.27. The van der Waals surface area contributed by atoms with Gasteiger partial charge in [0, 0.05) is 16.7 Å². The van der Waals surface area contributed by atoms with E-state index in [1.165, 1.54) is 12.1 Å². The fourth-order valence-corrected chi connectivity index (χ4v) is 1.83. The molecule has 1 aromatic heterocycles. The van der Waals surface area contributed by atoms with Crippen LogP contribution in [0.25, 0.3) is 11.1 Å². The van der Waals surface area contributed by atoms with Crippen molar-refractivity contribution in [1.82, 2.24) is 4.98 Å². The molecular weight excluding hydrogens is 270 g/mol. The Morgan fingerprint density at radius 2 is 1.56 bits per heavy atom. The van der Waals surface area contributed by atoms with Gasteiger partial charge in [-0.1, -0.05) is 24.3 Å². The molecule has 1 heterocycles. The first-order valence-electron chi connectivity index (χ1n) is 4.81. The Hall–Kier alpha value is -0.490. The Labute approximate surface area is 130 Å². The Balaban J connectivity index is 0.00000162. The molecule has 0 saturated carbocycles. The summed E-state index contributed by atoms with van der Waals surface area (Å²) in [6, 6.07) is 9.49. The van der Waals surface area contributed by atoms with Crippen molar-refractivity contribution in [1.29, 1.82) is 0 Å². The number of aromatic nitrogens is 1. The van der Waals surface area contributed by atoms with Gasteiger partial charge in [0.15, 0.2) is 5.69 Å². The van der Waals surface area contributed by atoms with Crippen LogP contribution in [0.5, 0.6) is 0 Å². The van der Waals surface area contributed by atoms with Crippen LogP contribution >= 0.6 is 12.6 Å². The molecule has 2 rings (SSSR count). The van der Waals surface area contributed by atoms with Crippen LogP contribution in [0, 0.1) is 0 Å². The van der Waals surface area contributed by atoms with Crippen molar-refractivity contribution in [3.05, 3.63) is 48.3 Å². The van der Waals surface area contributed by atoms with Crippen LogP contribution in [-0.2, 0) is 6.18 Å². The SMILES string of the molecule is FC(F)(F)c1ncccc1-c1ccccc1S.[NaH]. The number of pyridine rings is 1. The molecule has 1 nitrogen and oxygen atoms in total. The first-order chi connectivity index (χ1) is 8.00. The van der Waals surface area contributed by atoms with Gasteiger partial charge in [-0.05, 0) is 17.7 Å². The van der Waals surface area contributed by atoms with Gasteiger partial charge in [-0.15, -0.1) is 12.6 Å². The molecule has 0 amide bonds. The average Bonchev–Trinajstić information content (AvgIpc) is 2.28. The van der Waals surface area contributed by atoms with Gasteiger partial charge in [-0.3, -0.25) is 4.98 Å². The van der Waals surface area contributed by atoms with E-state index >= 15 is 0 Å². The molecule has 1 aromatic carbocycles. The third-order valence-corrected chi connectivity index (χ3v) is 2.66. The van der Waals surface area contributed by atoms with Crippen LogP contribution in [0.1, 0.15) is 5.69 Å². The van der Waals surface area contributed by atoms with Crippen molar-refractivity contribution in [2.45, 2.75) is 11.1 Å². The first-order valence-corrected chi connectivity index (χ1v) is 5.25. The molecule has 0 aliphatic rings. The van der Waals surface area contributed by atoms with Crippen LogP contribution in [0.4, 0.5) is 13.2 Å². The number of nitrogens with zero attached hydrogens (tertiary/aromatic N) is 1. The van der Waals surface area contributed by atoms with E-state index in [4.69, 9.17) is 0 Å². The van der Waals surface area contributed by atoms with Gasteiger partial charge >= 0.3 is 35.7 Å². The van der Waals surface area contributed by atoms with Crippen LogP contribution in [0.2, 0.25) is 0 Å². The van der Waals surface area contributed by atoms with E-state index in [1.54, 1.807) is 24.3 Å². The summed E-state index contributed by atoms with van der Waals surface area (Å²) in [5.41, 5.74) is -0.414. The summed E-state index contributed by atoms with van der Waals surface area (Å²) < 4.78 is 38.3. The minimum atomic E-state index is -4.47. The van der Waals surface area contributed by atoms with E-state index in [1.807, 2.05) is 0 Å². The second kappa shape index (κ2) is 6.10. The number of benzene rings is 1. The molecule has 90 valence electrons. The monoisotopic (exact) mass is 279 g/mol. The molecule has 0 aliphatic carbocycles. The summed E-state index contributed by atoms with van der Waals surface area (Å²) in [7, 11) is 0. The van der Waals surface area contributed by atoms with Gasteiger partial charge < -0.3 is 0 Å². The Morgan fingerprint density at radius 1 is 0.944 bits per heavy atom. The van der Waals surface area contributed by atoms with Crippen molar-refractivity contribution in [2.75, 3.05) is 0 Å². The molecule has 0 unspecified atom stereocenters. The van der Waals surface area contributed by atoms with E-state index in [0.717, 1.165) is 6.20 Å². The van der Waals surface area contributed by atoms with Gasteiger partial charge in [0.25, 0.3) is 0 Å². The van der Waals surface area contributed by atoms with Crippen molar-refractivity contribution in [2.24, 2.45) is 0 Å². The molecule has 0 saturated heterocycles. The van der Waals surface area contributed by atoms with Crippen molar-refractivity contribution in [3.8, 4) is 11.1 Å². The zero-order valence-electron chi connectivity index (χ0n) is 8.57. The van der Waals surface area contributed by atoms with E-state index < -0.39 is 11.9 Å². The molecule has 0 N–H and O–H groups in total. The molecule has 0 bridgehead atoms. The van der Waals surface area contributed by atoms with Crippen LogP contribution < -0.4 is 0 Å². The van der Waals surface area contributed by atoms with E-state index in [0.29, 0.717) is 10.5 Å². The van der Waals surface area contributed by atoms with E-state index in [2.05, 4.69) is 17.6 Å². The Kier molecular flexibility index (Phi) is 5.28. The Morgan fingerprint density at radius 3 is 2.17 bits per heavy atom. The summed E-state index contributed by atoms with van der Waals surface area (Å²) in [5.74, 6) is 0. The van der Waals surface area contributed by atoms with Gasteiger partial charge in [0.05, 0.1) is 0 Å². The molecule has 0 atom stereocenters. The number of hydrogen-bond donors (Lipinski definition) is 1. The molecule has 18 heavy (non-hydrogen) atoms. The van der Waals surface area contributed by atoms with Crippen LogP contribution in [0.15, 0.2) is 47.5 Å². The molecular formula is C12H9F3NNaS. The molecule has 0 radical (unpaired) electrons. The third kappa shape index (κ3) is 3.29. The second-order valence-corrected chi connectivity index (χ2v) is 3.90. The quantitative estimate of drug-likeness (QED) is 0.623. The molecule has 2 aromatic rings. The number of halogens is 3. The van der Waals surface area contributed by atoms with Crippen molar-refractivity contribution < 1.29 is 13.2 Å². The molecule has 0 fully saturated rings. The minimum absolute atomic E-state index is 0. The summed E-state index contributed by atoms with van der Waals surface area (Å²) in [5, 5.41) is 0. The van der Waals surface area contributed by atoms with Crippen molar-refractivity contribution in [3.63, 3.8) is 0 Å². The van der Waals surface area contributed by atoms with Gasteiger partial charge in [0.2, 0.25) is 0 Å². The van der Waals surface area contributed by atoms with Gasteiger partial charge in [-0.2, -0.15) is 13.2 Å². The summed E-state index contributed by atoms with van der Waals surface area (Å²) in [4.78, 5) is 3.90. The first kappa shape index (κ1) is 15.6. The molecule has 0 spiro atoms. The predicted octanol–water partition coefficient (Wildman–Crippen LogP) is 3.41. The topological polar surface area (TPSA) is 12.9 Å². The predicted molar refractivity (Wildman–Crippen MR) is 69.1 cm³/mol. The zero-order chi connectivity index (χ0) is 12.5. The van der Waals surface area contributed by atoms with Crippen LogP contribution in [-0.4, -0.2) is 34.5 Å². The number of thiol groups is 1. The van der Waals surface area contributed by atoms with Gasteiger partial charge in [-0.25, -0.2) is 0 Å². The maximum absolute atomic E-state index is 12.8. The zero-order valence-corrected chi connectivity index (χ0v) is 9.46. The molecule has 6 heteroatoms. The maximum atomic E-state index is 12.8. The summed E-state index contributed by atoms with van der Waals surface area (Å²) >= 11 is 4.16. The Bertz CT molecular complexity index is 543. The fraction of sp³-hybridized carbons (Fsp3) is 0.0833. The number of hydrogen-bond acceptors (Lipinski definition) is 2. The van der Waals surface area contributed by atoms with Gasteiger partial charge in [0.1, 0.15) is 0 Å². The average molecular weight is 279 g/mol. The molecule has 0 aliphatic heterocycles. The van der Waals surface area contributed by atoms with E-state index in [-0.39, 0.29) is 35.1 Å². The second-order valence-electron chi connectivity index (χ2n) is 3.41.